The maximum atomic E-state index is 5.80. The minimum absolute atomic E-state index is 0.516. The summed E-state index contributed by atoms with van der Waals surface area (Å²) in [6, 6.07) is 3.65. The molecule has 0 spiro atoms. The number of pyridine rings is 1. The summed E-state index contributed by atoms with van der Waals surface area (Å²) >= 11 is 5.80. The molecule has 2 aromatic heterocycles. The predicted molar refractivity (Wildman–Crippen MR) is 52.9 cm³/mol. The molecule has 0 aromatic carbocycles. The van der Waals surface area contributed by atoms with Crippen LogP contribution in [0.5, 0.6) is 0 Å². The van der Waals surface area contributed by atoms with E-state index in [9.17, 15) is 0 Å². The lowest BCUT2D eigenvalue weighted by molar-refractivity contribution is 0.746. The summed E-state index contributed by atoms with van der Waals surface area (Å²) in [7, 11) is 0. The number of nitrogens with zero attached hydrogens (tertiary/aromatic N) is 3. The fourth-order valence-electron chi connectivity index (χ4n) is 1.47. The molecular weight excluding hydrogens is 186 g/mol. The molecule has 0 bridgehead atoms. The predicted octanol–water partition coefficient (Wildman–Crippen LogP) is 2.41. The van der Waals surface area contributed by atoms with Crippen LogP contribution in [0.25, 0.3) is 11.2 Å². The Balaban J connectivity index is 2.80. The molecule has 2 rings (SSSR count). The third-order valence-electron chi connectivity index (χ3n) is 2.07. The number of fused-ring (bicyclic) bond motifs is 1. The van der Waals surface area contributed by atoms with E-state index in [1.165, 1.54) is 0 Å². The van der Waals surface area contributed by atoms with E-state index in [4.69, 9.17) is 11.6 Å². The van der Waals surface area contributed by atoms with E-state index in [0.717, 1.165) is 23.5 Å². The van der Waals surface area contributed by atoms with Crippen molar-refractivity contribution in [1.29, 1.82) is 0 Å². The van der Waals surface area contributed by atoms with E-state index in [1.807, 2.05) is 17.6 Å². The summed E-state index contributed by atoms with van der Waals surface area (Å²) in [5.74, 6) is 0.979. The first-order chi connectivity index (χ1) is 6.22. The number of imidazole rings is 1. The molecule has 0 aliphatic carbocycles. The van der Waals surface area contributed by atoms with Crippen molar-refractivity contribution in [2.75, 3.05) is 0 Å². The first-order valence-electron chi connectivity index (χ1n) is 4.21. The zero-order chi connectivity index (χ0) is 9.42. The van der Waals surface area contributed by atoms with E-state index >= 15 is 0 Å². The molecule has 68 valence electrons. The number of aromatic nitrogens is 3. The molecule has 0 unspecified atom stereocenters. The van der Waals surface area contributed by atoms with Crippen molar-refractivity contribution in [3.63, 3.8) is 0 Å². The van der Waals surface area contributed by atoms with Gasteiger partial charge < -0.3 is 4.57 Å². The number of halogens is 1. The molecule has 0 saturated heterocycles. The van der Waals surface area contributed by atoms with E-state index in [-0.39, 0.29) is 0 Å². The van der Waals surface area contributed by atoms with Crippen LogP contribution in [0.1, 0.15) is 12.7 Å². The average molecular weight is 196 g/mol. The van der Waals surface area contributed by atoms with Gasteiger partial charge in [-0.1, -0.05) is 11.6 Å². The van der Waals surface area contributed by atoms with Crippen molar-refractivity contribution in [2.24, 2.45) is 0 Å². The smallest absolute Gasteiger partial charge is 0.161 e. The summed E-state index contributed by atoms with van der Waals surface area (Å²) < 4.78 is 2.04. The lowest BCUT2D eigenvalue weighted by Crippen LogP contribution is -1.97. The molecule has 0 saturated carbocycles. The minimum Gasteiger partial charge on any atom is -0.313 e. The van der Waals surface area contributed by atoms with Gasteiger partial charge in [-0.2, -0.15) is 0 Å². The highest BCUT2D eigenvalue weighted by molar-refractivity contribution is 6.29. The van der Waals surface area contributed by atoms with Gasteiger partial charge in [0.1, 0.15) is 16.5 Å². The molecule has 0 aliphatic heterocycles. The quantitative estimate of drug-likeness (QED) is 0.655. The lowest BCUT2D eigenvalue weighted by atomic mass is 10.4. The third kappa shape index (κ3) is 1.29. The average Bonchev–Trinajstić information content (AvgIpc) is 2.40. The molecule has 13 heavy (non-hydrogen) atoms. The van der Waals surface area contributed by atoms with E-state index in [0.29, 0.717) is 5.15 Å². The Morgan fingerprint density at radius 1 is 1.38 bits per heavy atom. The maximum Gasteiger partial charge on any atom is 0.161 e. The molecule has 0 fully saturated rings. The van der Waals surface area contributed by atoms with Crippen LogP contribution in [0.15, 0.2) is 12.1 Å². The zero-order valence-corrected chi connectivity index (χ0v) is 8.34. The number of rotatable bonds is 1. The summed E-state index contributed by atoms with van der Waals surface area (Å²) in [5.41, 5.74) is 1.77. The first kappa shape index (κ1) is 8.51. The Labute approximate surface area is 81.4 Å². The highest BCUT2D eigenvalue weighted by Gasteiger charge is 2.06. The second kappa shape index (κ2) is 3.00. The Kier molecular flexibility index (Phi) is 1.96. The lowest BCUT2D eigenvalue weighted by Gasteiger charge is -1.99. The molecule has 4 heteroatoms. The van der Waals surface area contributed by atoms with Crippen molar-refractivity contribution in [3.8, 4) is 0 Å². The van der Waals surface area contributed by atoms with Gasteiger partial charge in [-0.25, -0.2) is 9.97 Å². The van der Waals surface area contributed by atoms with Crippen molar-refractivity contribution < 1.29 is 0 Å². The molecule has 0 N–H and O–H groups in total. The van der Waals surface area contributed by atoms with Crippen molar-refractivity contribution >= 4 is 22.8 Å². The molecule has 0 amide bonds. The van der Waals surface area contributed by atoms with Gasteiger partial charge in [0.25, 0.3) is 0 Å². The van der Waals surface area contributed by atoms with Gasteiger partial charge in [-0.3, -0.25) is 0 Å². The van der Waals surface area contributed by atoms with Crippen LogP contribution in [-0.2, 0) is 6.54 Å². The third-order valence-corrected chi connectivity index (χ3v) is 2.28. The summed E-state index contributed by atoms with van der Waals surface area (Å²) in [6.45, 7) is 4.91. The van der Waals surface area contributed by atoms with Crippen molar-refractivity contribution in [1.82, 2.24) is 14.5 Å². The van der Waals surface area contributed by atoms with Crippen LogP contribution in [0, 0.1) is 6.92 Å². The molecule has 0 atom stereocenters. The molecule has 2 aromatic rings. The normalized spacial score (nSPS) is 11.0. The van der Waals surface area contributed by atoms with Gasteiger partial charge in [-0.15, -0.1) is 0 Å². The molecule has 3 nitrogen and oxygen atoms in total. The van der Waals surface area contributed by atoms with Gasteiger partial charge in [0.2, 0.25) is 0 Å². The Morgan fingerprint density at radius 3 is 2.85 bits per heavy atom. The zero-order valence-electron chi connectivity index (χ0n) is 7.58. The second-order valence-electron chi connectivity index (χ2n) is 2.88. The summed E-state index contributed by atoms with van der Waals surface area (Å²) in [6.07, 6.45) is 0. The second-order valence-corrected chi connectivity index (χ2v) is 3.27. The van der Waals surface area contributed by atoms with Gasteiger partial charge in [0.15, 0.2) is 5.65 Å². The minimum atomic E-state index is 0.516. The molecule has 2 heterocycles. The Morgan fingerprint density at radius 2 is 2.15 bits per heavy atom. The van der Waals surface area contributed by atoms with Gasteiger partial charge in [-0.05, 0) is 26.0 Å². The molecule has 0 radical (unpaired) electrons. The SMILES string of the molecule is CCn1c(C)nc2ccc(Cl)nc21. The monoisotopic (exact) mass is 195 g/mol. The van der Waals surface area contributed by atoms with Gasteiger partial charge in [0, 0.05) is 6.54 Å². The fourth-order valence-corrected chi connectivity index (χ4v) is 1.61. The van der Waals surface area contributed by atoms with Crippen molar-refractivity contribution in [2.45, 2.75) is 20.4 Å². The number of aryl methyl sites for hydroxylation is 2. The van der Waals surface area contributed by atoms with Crippen LogP contribution in [0.4, 0.5) is 0 Å². The first-order valence-corrected chi connectivity index (χ1v) is 4.59. The Hall–Kier alpha value is -1.09. The standard InChI is InChI=1S/C9H10ClN3/c1-3-13-6(2)11-7-4-5-8(10)12-9(7)13/h4-5H,3H2,1-2H3. The highest BCUT2D eigenvalue weighted by Crippen LogP contribution is 2.16. The summed E-state index contributed by atoms with van der Waals surface area (Å²) in [4.78, 5) is 8.60. The fraction of sp³-hybridized carbons (Fsp3) is 0.333. The van der Waals surface area contributed by atoms with Crippen LogP contribution in [0.3, 0.4) is 0 Å². The van der Waals surface area contributed by atoms with E-state index in [1.54, 1.807) is 6.07 Å². The molecule has 0 aliphatic rings. The van der Waals surface area contributed by atoms with Gasteiger partial charge >= 0.3 is 0 Å². The van der Waals surface area contributed by atoms with Crippen LogP contribution >= 0.6 is 11.6 Å². The highest BCUT2D eigenvalue weighted by atomic mass is 35.5. The van der Waals surface area contributed by atoms with Crippen LogP contribution < -0.4 is 0 Å². The van der Waals surface area contributed by atoms with Crippen molar-refractivity contribution in [3.05, 3.63) is 23.1 Å². The van der Waals surface area contributed by atoms with Gasteiger partial charge in [0.05, 0.1) is 0 Å². The maximum absolute atomic E-state index is 5.80. The number of hydrogen-bond donors (Lipinski definition) is 0. The largest absolute Gasteiger partial charge is 0.313 e. The van der Waals surface area contributed by atoms with Crippen LogP contribution in [-0.4, -0.2) is 14.5 Å². The van der Waals surface area contributed by atoms with E-state index in [2.05, 4.69) is 16.9 Å². The van der Waals surface area contributed by atoms with Crippen LogP contribution in [0.2, 0.25) is 5.15 Å². The summed E-state index contributed by atoms with van der Waals surface area (Å²) in [5, 5.41) is 0.516. The Bertz CT molecular complexity index is 447. The topological polar surface area (TPSA) is 30.7 Å². The molecular formula is C9H10ClN3. The number of hydrogen-bond acceptors (Lipinski definition) is 2. The van der Waals surface area contributed by atoms with E-state index < -0.39 is 0 Å².